The van der Waals surface area contributed by atoms with Gasteiger partial charge in [-0.2, -0.15) is 0 Å². The van der Waals surface area contributed by atoms with Crippen LogP contribution >= 0.6 is 0 Å². The molecule has 1 atom stereocenters. The van der Waals surface area contributed by atoms with Crippen molar-refractivity contribution >= 4 is 6.09 Å². The summed E-state index contributed by atoms with van der Waals surface area (Å²) in [5.41, 5.74) is -0.197. The summed E-state index contributed by atoms with van der Waals surface area (Å²) in [5, 5.41) is 2.68. The van der Waals surface area contributed by atoms with Gasteiger partial charge < -0.3 is 10.1 Å². The van der Waals surface area contributed by atoms with E-state index >= 15 is 0 Å². The van der Waals surface area contributed by atoms with Gasteiger partial charge in [-0.15, -0.1) is 0 Å². The molecule has 0 bridgehead atoms. The Balaban J connectivity index is 2.69. The molecule has 0 saturated carbocycles. The van der Waals surface area contributed by atoms with E-state index in [4.69, 9.17) is 4.74 Å². The molecular formula is C6H11NO2. The van der Waals surface area contributed by atoms with Crippen molar-refractivity contribution in [2.75, 3.05) is 0 Å². The van der Waals surface area contributed by atoms with E-state index in [2.05, 4.69) is 5.32 Å². The average molecular weight is 129 g/mol. The van der Waals surface area contributed by atoms with E-state index in [1.807, 2.05) is 20.8 Å². The van der Waals surface area contributed by atoms with Crippen molar-refractivity contribution in [1.82, 2.24) is 5.32 Å². The zero-order valence-corrected chi connectivity index (χ0v) is 5.89. The van der Waals surface area contributed by atoms with Crippen molar-refractivity contribution in [3.63, 3.8) is 0 Å². The second kappa shape index (κ2) is 1.62. The molecular weight excluding hydrogens is 118 g/mol. The quantitative estimate of drug-likeness (QED) is 0.527. The van der Waals surface area contributed by atoms with Crippen molar-refractivity contribution in [1.29, 1.82) is 0 Å². The lowest BCUT2D eigenvalue weighted by molar-refractivity contribution is 0.129. The van der Waals surface area contributed by atoms with E-state index in [0.29, 0.717) is 0 Å². The molecule has 1 aliphatic heterocycles. The fourth-order valence-corrected chi connectivity index (χ4v) is 0.702. The number of ether oxygens (including phenoxy) is 1. The zero-order chi connectivity index (χ0) is 7.07. The molecule has 0 aromatic heterocycles. The molecule has 1 aliphatic rings. The minimum atomic E-state index is -0.312. The summed E-state index contributed by atoms with van der Waals surface area (Å²) in [6.07, 6.45) is -0.336. The number of rotatable bonds is 0. The molecule has 0 aliphatic carbocycles. The number of hydrogen-bond donors (Lipinski definition) is 1. The van der Waals surface area contributed by atoms with Crippen molar-refractivity contribution in [3.05, 3.63) is 0 Å². The van der Waals surface area contributed by atoms with Gasteiger partial charge >= 0.3 is 6.09 Å². The molecule has 1 rings (SSSR count). The van der Waals surface area contributed by atoms with Crippen LogP contribution in [0.4, 0.5) is 4.79 Å². The number of carbonyl (C=O) groups excluding carboxylic acids is 1. The molecule has 0 radical (unpaired) electrons. The minimum absolute atomic E-state index is 0.0231. The summed E-state index contributed by atoms with van der Waals surface area (Å²) >= 11 is 0. The van der Waals surface area contributed by atoms with E-state index < -0.39 is 0 Å². The van der Waals surface area contributed by atoms with Gasteiger partial charge in [-0.1, -0.05) is 0 Å². The molecule has 1 amide bonds. The highest BCUT2D eigenvalue weighted by molar-refractivity contribution is 5.71. The highest BCUT2D eigenvalue weighted by atomic mass is 16.6. The predicted molar refractivity (Wildman–Crippen MR) is 33.2 cm³/mol. The van der Waals surface area contributed by atoms with E-state index in [1.54, 1.807) is 0 Å². The van der Waals surface area contributed by atoms with Crippen molar-refractivity contribution < 1.29 is 9.53 Å². The number of hydrogen-bond acceptors (Lipinski definition) is 2. The third-order valence-corrected chi connectivity index (χ3v) is 1.72. The maximum absolute atomic E-state index is 10.5. The fraction of sp³-hybridized carbons (Fsp3) is 0.833. The Morgan fingerprint density at radius 2 is 2.22 bits per heavy atom. The Kier molecular flexibility index (Phi) is 1.15. The molecule has 0 aromatic carbocycles. The average Bonchev–Trinajstić information content (AvgIpc) is 1.79. The normalized spacial score (nSPS) is 31.4. The monoisotopic (exact) mass is 129 g/mol. The van der Waals surface area contributed by atoms with Crippen LogP contribution in [-0.2, 0) is 4.74 Å². The molecule has 52 valence electrons. The van der Waals surface area contributed by atoms with Crippen LogP contribution in [0, 0.1) is 0 Å². The molecule has 1 N–H and O–H groups in total. The van der Waals surface area contributed by atoms with Crippen molar-refractivity contribution in [3.8, 4) is 0 Å². The lowest BCUT2D eigenvalue weighted by atomic mass is 10.0. The first-order chi connectivity index (χ1) is 4.02. The van der Waals surface area contributed by atoms with Crippen LogP contribution in [0.3, 0.4) is 0 Å². The van der Waals surface area contributed by atoms with Gasteiger partial charge in [-0.3, -0.25) is 0 Å². The Morgan fingerprint density at radius 3 is 2.33 bits per heavy atom. The highest BCUT2D eigenvalue weighted by Gasteiger charge is 2.37. The molecule has 1 heterocycles. The summed E-state index contributed by atoms with van der Waals surface area (Å²) < 4.78 is 4.83. The number of cyclic esters (lactones) is 1. The zero-order valence-electron chi connectivity index (χ0n) is 5.89. The molecule has 1 saturated heterocycles. The SMILES string of the molecule is C[C@H]1OC(=O)NC1(C)C. The summed E-state index contributed by atoms with van der Waals surface area (Å²) in [6.45, 7) is 5.74. The van der Waals surface area contributed by atoms with E-state index in [0.717, 1.165) is 0 Å². The standard InChI is InChI=1S/C6H11NO2/c1-4-6(2,3)7-5(8)9-4/h4H,1-3H3,(H,7,8)/t4-/m1/s1. The predicted octanol–water partition coefficient (Wildman–Crippen LogP) is 0.893. The Labute approximate surface area is 54.4 Å². The maximum atomic E-state index is 10.5. The van der Waals surface area contributed by atoms with Gasteiger partial charge in [-0.05, 0) is 20.8 Å². The van der Waals surface area contributed by atoms with E-state index in [9.17, 15) is 4.79 Å². The van der Waals surface area contributed by atoms with Crippen LogP contribution in [-0.4, -0.2) is 17.7 Å². The molecule has 0 unspecified atom stereocenters. The van der Waals surface area contributed by atoms with Gasteiger partial charge in [0.25, 0.3) is 0 Å². The maximum Gasteiger partial charge on any atom is 0.408 e. The van der Waals surface area contributed by atoms with Gasteiger partial charge in [0.2, 0.25) is 0 Å². The summed E-state index contributed by atoms with van der Waals surface area (Å²) in [6, 6.07) is 0. The lowest BCUT2D eigenvalue weighted by Gasteiger charge is -2.18. The van der Waals surface area contributed by atoms with Crippen LogP contribution in [0.2, 0.25) is 0 Å². The summed E-state index contributed by atoms with van der Waals surface area (Å²) in [5.74, 6) is 0. The minimum Gasteiger partial charge on any atom is -0.444 e. The third kappa shape index (κ3) is 0.992. The van der Waals surface area contributed by atoms with Crippen LogP contribution in [0.1, 0.15) is 20.8 Å². The first-order valence-electron chi connectivity index (χ1n) is 3.01. The van der Waals surface area contributed by atoms with Crippen molar-refractivity contribution in [2.24, 2.45) is 0 Å². The second-order valence-electron chi connectivity index (χ2n) is 2.89. The number of carbonyl (C=O) groups is 1. The van der Waals surface area contributed by atoms with Crippen LogP contribution < -0.4 is 5.32 Å². The Bertz CT molecular complexity index is 142. The number of alkyl carbamates (subject to hydrolysis) is 1. The third-order valence-electron chi connectivity index (χ3n) is 1.72. The molecule has 3 nitrogen and oxygen atoms in total. The molecule has 0 aromatic rings. The lowest BCUT2D eigenvalue weighted by Crippen LogP contribution is -2.40. The molecule has 0 spiro atoms. The second-order valence-corrected chi connectivity index (χ2v) is 2.89. The fourth-order valence-electron chi connectivity index (χ4n) is 0.702. The number of nitrogens with one attached hydrogen (secondary N) is 1. The van der Waals surface area contributed by atoms with Crippen molar-refractivity contribution in [2.45, 2.75) is 32.4 Å². The van der Waals surface area contributed by atoms with Gasteiger partial charge in [0.1, 0.15) is 6.10 Å². The topological polar surface area (TPSA) is 38.3 Å². The molecule has 3 heteroatoms. The van der Waals surface area contributed by atoms with Crippen LogP contribution in [0.25, 0.3) is 0 Å². The van der Waals surface area contributed by atoms with Crippen LogP contribution in [0.15, 0.2) is 0 Å². The smallest absolute Gasteiger partial charge is 0.408 e. The Hall–Kier alpha value is -0.730. The van der Waals surface area contributed by atoms with Crippen LogP contribution in [0.5, 0.6) is 0 Å². The largest absolute Gasteiger partial charge is 0.444 e. The number of amides is 1. The Morgan fingerprint density at radius 1 is 1.67 bits per heavy atom. The molecule has 9 heavy (non-hydrogen) atoms. The molecule has 1 fully saturated rings. The van der Waals surface area contributed by atoms with Gasteiger partial charge in [0.15, 0.2) is 0 Å². The highest BCUT2D eigenvalue weighted by Crippen LogP contribution is 2.18. The summed E-state index contributed by atoms with van der Waals surface area (Å²) in [4.78, 5) is 10.5. The first-order valence-corrected chi connectivity index (χ1v) is 3.01. The van der Waals surface area contributed by atoms with Gasteiger partial charge in [0.05, 0.1) is 5.54 Å². The van der Waals surface area contributed by atoms with E-state index in [-0.39, 0.29) is 17.7 Å². The first kappa shape index (κ1) is 6.39. The van der Waals surface area contributed by atoms with Gasteiger partial charge in [0, 0.05) is 0 Å². The van der Waals surface area contributed by atoms with Gasteiger partial charge in [-0.25, -0.2) is 4.79 Å². The summed E-state index contributed by atoms with van der Waals surface area (Å²) in [7, 11) is 0. The van der Waals surface area contributed by atoms with E-state index in [1.165, 1.54) is 0 Å².